The standard InChI is InChI=1S/C30H36O2/c31-29(20-14-23-8-3-1-4-9-23)26-18-16-25(17-19-26)27-12-7-13-28(22-27)30(32)21-15-24-10-5-2-6-11-24/h2,5-7,10-13,16-19,22-23,29-32H,1,3-4,8-9,14-15,20-21H2. The molecule has 2 nitrogen and oxygen atoms in total. The van der Waals surface area contributed by atoms with Crippen molar-refractivity contribution in [1.29, 1.82) is 0 Å². The van der Waals surface area contributed by atoms with Crippen LogP contribution in [-0.2, 0) is 6.42 Å². The predicted molar refractivity (Wildman–Crippen MR) is 132 cm³/mol. The monoisotopic (exact) mass is 428 g/mol. The van der Waals surface area contributed by atoms with E-state index in [2.05, 4.69) is 48.5 Å². The number of aliphatic hydroxyl groups is 2. The minimum Gasteiger partial charge on any atom is -0.388 e. The van der Waals surface area contributed by atoms with Crippen LogP contribution < -0.4 is 0 Å². The van der Waals surface area contributed by atoms with Crippen molar-refractivity contribution in [2.75, 3.05) is 0 Å². The van der Waals surface area contributed by atoms with Crippen LogP contribution in [0.25, 0.3) is 11.1 Å². The van der Waals surface area contributed by atoms with Gasteiger partial charge in [-0.05, 0) is 65.5 Å². The van der Waals surface area contributed by atoms with Gasteiger partial charge in [0.15, 0.2) is 0 Å². The lowest BCUT2D eigenvalue weighted by Crippen LogP contribution is -2.08. The average molecular weight is 429 g/mol. The summed E-state index contributed by atoms with van der Waals surface area (Å²) in [6, 6.07) is 26.8. The topological polar surface area (TPSA) is 40.5 Å². The molecule has 2 heteroatoms. The van der Waals surface area contributed by atoms with E-state index < -0.39 is 6.10 Å². The number of benzene rings is 3. The molecule has 168 valence electrons. The molecule has 3 aromatic rings. The fourth-order valence-electron chi connectivity index (χ4n) is 4.97. The Bertz CT molecular complexity index is 942. The number of rotatable bonds is 9. The minimum atomic E-state index is -0.476. The van der Waals surface area contributed by atoms with Crippen molar-refractivity contribution < 1.29 is 10.2 Å². The Morgan fingerprint density at radius 1 is 0.656 bits per heavy atom. The highest BCUT2D eigenvalue weighted by Gasteiger charge is 2.16. The predicted octanol–water partition coefficient (Wildman–Crippen LogP) is 7.41. The van der Waals surface area contributed by atoms with E-state index in [1.807, 2.05) is 30.3 Å². The number of aliphatic hydroxyl groups excluding tert-OH is 2. The molecule has 1 fully saturated rings. The summed E-state index contributed by atoms with van der Waals surface area (Å²) in [5.41, 5.74) is 5.42. The highest BCUT2D eigenvalue weighted by molar-refractivity contribution is 5.64. The summed E-state index contributed by atoms with van der Waals surface area (Å²) in [6.45, 7) is 0. The van der Waals surface area contributed by atoms with E-state index in [1.165, 1.54) is 37.7 Å². The summed E-state index contributed by atoms with van der Waals surface area (Å²) in [4.78, 5) is 0. The molecule has 1 aliphatic rings. The fourth-order valence-corrected chi connectivity index (χ4v) is 4.97. The summed E-state index contributed by atoms with van der Waals surface area (Å²) in [5, 5.41) is 21.4. The second-order valence-electron chi connectivity index (χ2n) is 9.38. The Labute approximate surface area is 193 Å². The van der Waals surface area contributed by atoms with Gasteiger partial charge in [0.25, 0.3) is 0 Å². The van der Waals surface area contributed by atoms with Gasteiger partial charge in [0.1, 0.15) is 0 Å². The highest BCUT2D eigenvalue weighted by atomic mass is 16.3. The van der Waals surface area contributed by atoms with Crippen molar-refractivity contribution in [3.05, 3.63) is 95.6 Å². The molecule has 32 heavy (non-hydrogen) atoms. The zero-order valence-electron chi connectivity index (χ0n) is 19.0. The summed E-state index contributed by atoms with van der Waals surface area (Å²) in [5.74, 6) is 0.800. The van der Waals surface area contributed by atoms with Crippen molar-refractivity contribution in [2.45, 2.75) is 70.0 Å². The SMILES string of the molecule is OC(CCc1ccccc1)c1cccc(-c2ccc(C(O)CCC3CCCCC3)cc2)c1. The largest absolute Gasteiger partial charge is 0.388 e. The normalized spacial score (nSPS) is 16.6. The van der Waals surface area contributed by atoms with Gasteiger partial charge >= 0.3 is 0 Å². The van der Waals surface area contributed by atoms with Gasteiger partial charge in [0.2, 0.25) is 0 Å². The van der Waals surface area contributed by atoms with E-state index in [0.29, 0.717) is 6.42 Å². The third-order valence-electron chi connectivity index (χ3n) is 7.02. The van der Waals surface area contributed by atoms with Gasteiger partial charge in [0.05, 0.1) is 12.2 Å². The van der Waals surface area contributed by atoms with Crippen LogP contribution in [0.15, 0.2) is 78.9 Å². The lowest BCUT2D eigenvalue weighted by molar-refractivity contribution is 0.151. The molecule has 0 bridgehead atoms. The van der Waals surface area contributed by atoms with Crippen LogP contribution in [0.3, 0.4) is 0 Å². The molecule has 0 radical (unpaired) electrons. The zero-order chi connectivity index (χ0) is 22.2. The zero-order valence-corrected chi connectivity index (χ0v) is 19.0. The maximum atomic E-state index is 10.7. The molecule has 3 aromatic carbocycles. The molecule has 0 saturated heterocycles. The summed E-state index contributed by atoms with van der Waals surface area (Å²) >= 11 is 0. The third-order valence-corrected chi connectivity index (χ3v) is 7.02. The lowest BCUT2D eigenvalue weighted by atomic mass is 9.85. The van der Waals surface area contributed by atoms with Crippen molar-refractivity contribution in [2.24, 2.45) is 5.92 Å². The Balaban J connectivity index is 1.35. The average Bonchev–Trinajstić information content (AvgIpc) is 2.87. The Kier molecular flexibility index (Phi) is 8.14. The lowest BCUT2D eigenvalue weighted by Gasteiger charge is -2.22. The first-order chi connectivity index (χ1) is 15.7. The molecule has 1 saturated carbocycles. The first-order valence-electron chi connectivity index (χ1n) is 12.3. The van der Waals surface area contributed by atoms with Gasteiger partial charge < -0.3 is 10.2 Å². The van der Waals surface area contributed by atoms with Gasteiger partial charge in [-0.3, -0.25) is 0 Å². The van der Waals surface area contributed by atoms with Gasteiger partial charge in [-0.2, -0.15) is 0 Å². The van der Waals surface area contributed by atoms with E-state index in [0.717, 1.165) is 47.4 Å². The maximum Gasteiger partial charge on any atom is 0.0793 e. The first kappa shape index (κ1) is 22.8. The molecular weight excluding hydrogens is 392 g/mol. The molecule has 0 aromatic heterocycles. The maximum absolute atomic E-state index is 10.7. The van der Waals surface area contributed by atoms with Crippen LogP contribution in [0.1, 0.15) is 80.3 Å². The summed E-state index contributed by atoms with van der Waals surface area (Å²) < 4.78 is 0. The van der Waals surface area contributed by atoms with E-state index >= 15 is 0 Å². The molecule has 2 atom stereocenters. The third kappa shape index (κ3) is 6.31. The molecule has 0 aliphatic heterocycles. The second-order valence-corrected chi connectivity index (χ2v) is 9.38. The van der Waals surface area contributed by atoms with Crippen LogP contribution >= 0.6 is 0 Å². The Morgan fingerprint density at radius 3 is 2.12 bits per heavy atom. The molecule has 2 N–H and O–H groups in total. The van der Waals surface area contributed by atoms with Crippen LogP contribution in [-0.4, -0.2) is 10.2 Å². The van der Waals surface area contributed by atoms with Gasteiger partial charge in [-0.25, -0.2) is 0 Å². The molecule has 0 amide bonds. The van der Waals surface area contributed by atoms with E-state index in [-0.39, 0.29) is 6.10 Å². The molecule has 4 rings (SSSR count). The highest BCUT2D eigenvalue weighted by Crippen LogP contribution is 2.31. The van der Waals surface area contributed by atoms with Crippen molar-refractivity contribution in [1.82, 2.24) is 0 Å². The quantitative estimate of drug-likeness (QED) is 0.372. The smallest absolute Gasteiger partial charge is 0.0793 e. The van der Waals surface area contributed by atoms with Gasteiger partial charge in [0, 0.05) is 0 Å². The van der Waals surface area contributed by atoms with Crippen LogP contribution in [0, 0.1) is 5.92 Å². The number of aryl methyl sites for hydroxylation is 1. The van der Waals surface area contributed by atoms with E-state index in [9.17, 15) is 10.2 Å². The van der Waals surface area contributed by atoms with Crippen molar-refractivity contribution in [3.63, 3.8) is 0 Å². The molecule has 0 heterocycles. The fraction of sp³-hybridized carbons (Fsp3) is 0.400. The Hall–Kier alpha value is -2.42. The molecule has 0 spiro atoms. The van der Waals surface area contributed by atoms with Gasteiger partial charge in [-0.15, -0.1) is 0 Å². The number of hydrogen-bond acceptors (Lipinski definition) is 2. The molecular formula is C30H36O2. The van der Waals surface area contributed by atoms with E-state index in [1.54, 1.807) is 0 Å². The summed E-state index contributed by atoms with van der Waals surface area (Å²) in [7, 11) is 0. The van der Waals surface area contributed by atoms with Crippen LogP contribution in [0.4, 0.5) is 0 Å². The molecule has 1 aliphatic carbocycles. The number of hydrogen-bond donors (Lipinski definition) is 2. The van der Waals surface area contributed by atoms with Gasteiger partial charge in [-0.1, -0.05) is 105 Å². The Morgan fingerprint density at radius 2 is 1.38 bits per heavy atom. The van der Waals surface area contributed by atoms with Crippen LogP contribution in [0.2, 0.25) is 0 Å². The minimum absolute atomic E-state index is 0.378. The molecule has 2 unspecified atom stereocenters. The van der Waals surface area contributed by atoms with Crippen molar-refractivity contribution in [3.8, 4) is 11.1 Å². The second kappa shape index (κ2) is 11.4. The van der Waals surface area contributed by atoms with Crippen LogP contribution in [0.5, 0.6) is 0 Å². The van der Waals surface area contributed by atoms with E-state index in [4.69, 9.17) is 0 Å². The first-order valence-corrected chi connectivity index (χ1v) is 12.3. The van der Waals surface area contributed by atoms with Crippen molar-refractivity contribution >= 4 is 0 Å². The summed E-state index contributed by atoms with van der Waals surface area (Å²) in [6.07, 6.45) is 9.46.